The first-order chi connectivity index (χ1) is 8.65. The zero-order valence-electron chi connectivity index (χ0n) is 10.0. The van der Waals surface area contributed by atoms with Gasteiger partial charge in [0.25, 0.3) is 0 Å². The van der Waals surface area contributed by atoms with Crippen LogP contribution in [0.5, 0.6) is 0 Å². The zero-order chi connectivity index (χ0) is 13.0. The number of hydrogen-bond acceptors (Lipinski definition) is 2. The highest BCUT2D eigenvalue weighted by Crippen LogP contribution is 2.10. The largest absolute Gasteiger partial charge is 0.355 e. The van der Waals surface area contributed by atoms with Gasteiger partial charge in [0.2, 0.25) is 5.91 Å². The second kappa shape index (κ2) is 5.91. The van der Waals surface area contributed by atoms with Crippen LogP contribution in [0.4, 0.5) is 8.78 Å². The minimum Gasteiger partial charge on any atom is -0.355 e. The predicted molar refractivity (Wildman–Crippen MR) is 63.8 cm³/mol. The molecule has 1 heterocycles. The van der Waals surface area contributed by atoms with Gasteiger partial charge in [0.15, 0.2) is 0 Å². The second-order valence-corrected chi connectivity index (χ2v) is 4.50. The van der Waals surface area contributed by atoms with Gasteiger partial charge in [-0.25, -0.2) is 8.78 Å². The average molecular weight is 254 g/mol. The number of hydrogen-bond donors (Lipinski definition) is 2. The SMILES string of the molecule is O=C1NCCCCC1NCc1cc(F)cc(F)c1. The summed E-state index contributed by atoms with van der Waals surface area (Å²) in [6, 6.07) is 3.09. The summed E-state index contributed by atoms with van der Waals surface area (Å²) >= 11 is 0. The summed E-state index contributed by atoms with van der Waals surface area (Å²) in [6.45, 7) is 0.984. The Morgan fingerprint density at radius 1 is 1.22 bits per heavy atom. The van der Waals surface area contributed by atoms with Gasteiger partial charge in [0, 0.05) is 19.2 Å². The number of halogens is 2. The molecule has 2 N–H and O–H groups in total. The molecule has 98 valence electrons. The van der Waals surface area contributed by atoms with E-state index in [4.69, 9.17) is 0 Å². The lowest BCUT2D eigenvalue weighted by molar-refractivity contribution is -0.122. The Morgan fingerprint density at radius 2 is 1.94 bits per heavy atom. The summed E-state index contributed by atoms with van der Waals surface area (Å²) < 4.78 is 26.0. The molecule has 1 aliphatic heterocycles. The van der Waals surface area contributed by atoms with Gasteiger partial charge in [-0.1, -0.05) is 0 Å². The van der Waals surface area contributed by atoms with Crippen LogP contribution < -0.4 is 10.6 Å². The quantitative estimate of drug-likeness (QED) is 0.862. The molecule has 1 aromatic rings. The van der Waals surface area contributed by atoms with Gasteiger partial charge in [0.1, 0.15) is 11.6 Å². The van der Waals surface area contributed by atoms with E-state index in [-0.39, 0.29) is 18.5 Å². The van der Waals surface area contributed by atoms with Crippen molar-refractivity contribution in [1.29, 1.82) is 0 Å². The zero-order valence-corrected chi connectivity index (χ0v) is 10.0. The molecule has 1 atom stereocenters. The van der Waals surface area contributed by atoms with E-state index in [2.05, 4.69) is 10.6 Å². The maximum absolute atomic E-state index is 13.0. The predicted octanol–water partition coefficient (Wildman–Crippen LogP) is 1.72. The lowest BCUT2D eigenvalue weighted by Crippen LogP contribution is -2.42. The number of benzene rings is 1. The van der Waals surface area contributed by atoms with E-state index in [9.17, 15) is 13.6 Å². The average Bonchev–Trinajstić information content (AvgIpc) is 2.50. The van der Waals surface area contributed by atoms with Crippen LogP contribution in [-0.2, 0) is 11.3 Å². The molecular formula is C13H16F2N2O. The van der Waals surface area contributed by atoms with Crippen LogP contribution >= 0.6 is 0 Å². The number of nitrogens with one attached hydrogen (secondary N) is 2. The van der Waals surface area contributed by atoms with Gasteiger partial charge in [0.05, 0.1) is 6.04 Å². The molecule has 5 heteroatoms. The summed E-state index contributed by atoms with van der Waals surface area (Å²) in [5.41, 5.74) is 0.504. The molecule has 0 radical (unpaired) electrons. The summed E-state index contributed by atoms with van der Waals surface area (Å²) in [5.74, 6) is -1.24. The van der Waals surface area contributed by atoms with E-state index in [1.807, 2.05) is 0 Å². The molecular weight excluding hydrogens is 238 g/mol. The van der Waals surface area contributed by atoms with Crippen LogP contribution in [0.3, 0.4) is 0 Å². The molecule has 1 unspecified atom stereocenters. The normalized spacial score (nSPS) is 20.3. The Bertz CT molecular complexity index is 417. The Kier molecular flexibility index (Phi) is 4.25. The molecule has 1 amide bonds. The van der Waals surface area contributed by atoms with Gasteiger partial charge in [-0.15, -0.1) is 0 Å². The number of carbonyl (C=O) groups excluding carboxylic acids is 1. The molecule has 0 spiro atoms. The lowest BCUT2D eigenvalue weighted by atomic mass is 10.1. The Hall–Kier alpha value is -1.49. The number of rotatable bonds is 3. The first-order valence-corrected chi connectivity index (χ1v) is 6.11. The molecule has 1 fully saturated rings. The van der Waals surface area contributed by atoms with Crippen LogP contribution in [0.15, 0.2) is 18.2 Å². The van der Waals surface area contributed by atoms with E-state index in [1.165, 1.54) is 12.1 Å². The van der Waals surface area contributed by atoms with Crippen molar-refractivity contribution in [1.82, 2.24) is 10.6 Å². The molecule has 0 saturated carbocycles. The van der Waals surface area contributed by atoms with Crippen LogP contribution in [0.1, 0.15) is 24.8 Å². The van der Waals surface area contributed by atoms with Crippen LogP contribution in [0.2, 0.25) is 0 Å². The summed E-state index contributed by atoms with van der Waals surface area (Å²) in [5, 5.41) is 5.84. The minimum atomic E-state index is -0.600. The van der Waals surface area contributed by atoms with Crippen molar-refractivity contribution < 1.29 is 13.6 Å². The van der Waals surface area contributed by atoms with Crippen LogP contribution in [-0.4, -0.2) is 18.5 Å². The first-order valence-electron chi connectivity index (χ1n) is 6.11. The van der Waals surface area contributed by atoms with Crippen molar-refractivity contribution in [3.8, 4) is 0 Å². The smallest absolute Gasteiger partial charge is 0.237 e. The molecule has 2 rings (SSSR count). The van der Waals surface area contributed by atoms with Gasteiger partial charge in [-0.2, -0.15) is 0 Å². The van der Waals surface area contributed by atoms with Gasteiger partial charge < -0.3 is 10.6 Å². The minimum absolute atomic E-state index is 0.0376. The summed E-state index contributed by atoms with van der Waals surface area (Å²) in [4.78, 5) is 11.6. The Balaban J connectivity index is 1.95. The van der Waals surface area contributed by atoms with Crippen LogP contribution in [0, 0.1) is 11.6 Å². The first kappa shape index (κ1) is 13.0. The summed E-state index contributed by atoms with van der Waals surface area (Å²) in [6.07, 6.45) is 2.69. The van der Waals surface area contributed by atoms with E-state index in [1.54, 1.807) is 0 Å². The van der Waals surface area contributed by atoms with E-state index in [0.29, 0.717) is 12.1 Å². The molecule has 1 saturated heterocycles. The van der Waals surface area contributed by atoms with Crippen molar-refractivity contribution in [3.63, 3.8) is 0 Å². The van der Waals surface area contributed by atoms with Crippen molar-refractivity contribution in [2.45, 2.75) is 31.8 Å². The molecule has 0 aliphatic carbocycles. The maximum Gasteiger partial charge on any atom is 0.237 e. The van der Waals surface area contributed by atoms with Crippen molar-refractivity contribution >= 4 is 5.91 Å². The fourth-order valence-corrected chi connectivity index (χ4v) is 2.09. The maximum atomic E-state index is 13.0. The standard InChI is InChI=1S/C13H16F2N2O/c14-10-5-9(6-11(15)7-10)8-17-12-3-1-2-4-16-13(12)18/h5-7,12,17H,1-4,8H2,(H,16,18). The topological polar surface area (TPSA) is 41.1 Å². The van der Waals surface area contributed by atoms with Crippen molar-refractivity contribution in [3.05, 3.63) is 35.4 Å². The molecule has 1 aliphatic rings. The fourth-order valence-electron chi connectivity index (χ4n) is 2.09. The highest BCUT2D eigenvalue weighted by atomic mass is 19.1. The van der Waals surface area contributed by atoms with E-state index >= 15 is 0 Å². The van der Waals surface area contributed by atoms with Gasteiger partial charge in [-0.3, -0.25) is 4.79 Å². The Morgan fingerprint density at radius 3 is 2.67 bits per heavy atom. The third-order valence-electron chi connectivity index (χ3n) is 3.01. The lowest BCUT2D eigenvalue weighted by Gasteiger charge is -2.15. The van der Waals surface area contributed by atoms with E-state index < -0.39 is 11.6 Å². The molecule has 3 nitrogen and oxygen atoms in total. The number of carbonyl (C=O) groups is 1. The third-order valence-corrected chi connectivity index (χ3v) is 3.01. The Labute approximate surface area is 105 Å². The van der Waals surface area contributed by atoms with E-state index in [0.717, 1.165) is 25.3 Å². The second-order valence-electron chi connectivity index (χ2n) is 4.50. The van der Waals surface area contributed by atoms with Crippen LogP contribution in [0.25, 0.3) is 0 Å². The fraction of sp³-hybridized carbons (Fsp3) is 0.462. The van der Waals surface area contributed by atoms with Crippen molar-refractivity contribution in [2.75, 3.05) is 6.54 Å². The van der Waals surface area contributed by atoms with Gasteiger partial charge in [-0.05, 0) is 37.0 Å². The molecule has 18 heavy (non-hydrogen) atoms. The highest BCUT2D eigenvalue weighted by molar-refractivity contribution is 5.81. The highest BCUT2D eigenvalue weighted by Gasteiger charge is 2.19. The third kappa shape index (κ3) is 3.50. The molecule has 1 aromatic carbocycles. The number of amides is 1. The monoisotopic (exact) mass is 254 g/mol. The molecule has 0 aromatic heterocycles. The molecule has 0 bridgehead atoms. The van der Waals surface area contributed by atoms with Gasteiger partial charge >= 0.3 is 0 Å². The van der Waals surface area contributed by atoms with Crippen molar-refractivity contribution in [2.24, 2.45) is 0 Å². The summed E-state index contributed by atoms with van der Waals surface area (Å²) in [7, 11) is 0.